The third-order valence-electron chi connectivity index (χ3n) is 2.26. The minimum atomic E-state index is -0.687. The van der Waals surface area contributed by atoms with E-state index in [1.54, 1.807) is 7.05 Å². The molecule has 0 fully saturated rings. The summed E-state index contributed by atoms with van der Waals surface area (Å²) in [5.41, 5.74) is 5.24. The van der Waals surface area contributed by atoms with Crippen LogP contribution < -0.4 is 16.4 Å². The molecule has 8 heteroatoms. The molecule has 0 bridgehead atoms. The lowest BCUT2D eigenvalue weighted by Gasteiger charge is -2.12. The Balaban J connectivity index is 2.92. The number of nitrogens with one attached hydrogen (secondary N) is 2. The summed E-state index contributed by atoms with van der Waals surface area (Å²) < 4.78 is 5.01. The summed E-state index contributed by atoms with van der Waals surface area (Å²) in [5.74, 6) is -1.01. The molecule has 18 heavy (non-hydrogen) atoms. The Kier molecular flexibility index (Phi) is 5.05. The van der Waals surface area contributed by atoms with Gasteiger partial charge in [-0.2, -0.15) is 0 Å². The van der Waals surface area contributed by atoms with Crippen LogP contribution in [0, 0.1) is 0 Å². The zero-order valence-corrected chi connectivity index (χ0v) is 11.3. The van der Waals surface area contributed by atoms with Crippen LogP contribution in [0.3, 0.4) is 0 Å². The van der Waals surface area contributed by atoms with Crippen molar-refractivity contribution in [3.8, 4) is 0 Å². The SMILES string of the molecule is CCC(OC)C(=O)Nc1sc(NC)nc1C(N)=O. The van der Waals surface area contributed by atoms with Crippen LogP contribution in [-0.4, -0.2) is 37.1 Å². The van der Waals surface area contributed by atoms with Gasteiger partial charge in [-0.25, -0.2) is 4.98 Å². The number of anilines is 2. The molecule has 0 spiro atoms. The van der Waals surface area contributed by atoms with Gasteiger partial charge < -0.3 is 21.1 Å². The fourth-order valence-corrected chi connectivity index (χ4v) is 2.16. The molecule has 0 aromatic carbocycles. The van der Waals surface area contributed by atoms with E-state index < -0.39 is 12.0 Å². The van der Waals surface area contributed by atoms with Crippen LogP contribution in [0.5, 0.6) is 0 Å². The molecule has 1 atom stereocenters. The van der Waals surface area contributed by atoms with Crippen molar-refractivity contribution >= 4 is 33.3 Å². The smallest absolute Gasteiger partial charge is 0.270 e. The predicted molar refractivity (Wildman–Crippen MR) is 69.9 cm³/mol. The summed E-state index contributed by atoms with van der Waals surface area (Å²) >= 11 is 1.14. The van der Waals surface area contributed by atoms with Gasteiger partial charge in [0.15, 0.2) is 10.8 Å². The lowest BCUT2D eigenvalue weighted by atomic mass is 10.2. The van der Waals surface area contributed by atoms with E-state index in [4.69, 9.17) is 10.5 Å². The minimum absolute atomic E-state index is 0.0451. The Morgan fingerprint density at radius 2 is 2.22 bits per heavy atom. The molecule has 1 aromatic rings. The van der Waals surface area contributed by atoms with Crippen molar-refractivity contribution in [2.45, 2.75) is 19.4 Å². The Morgan fingerprint density at radius 3 is 2.67 bits per heavy atom. The van der Waals surface area contributed by atoms with E-state index >= 15 is 0 Å². The molecule has 1 heterocycles. The summed E-state index contributed by atoms with van der Waals surface area (Å²) in [6, 6.07) is 0. The van der Waals surface area contributed by atoms with Gasteiger partial charge in [0, 0.05) is 14.2 Å². The van der Waals surface area contributed by atoms with E-state index in [1.165, 1.54) is 7.11 Å². The number of methoxy groups -OCH3 is 1. The first-order chi connectivity index (χ1) is 8.53. The molecule has 0 radical (unpaired) electrons. The minimum Gasteiger partial charge on any atom is -0.372 e. The van der Waals surface area contributed by atoms with Crippen LogP contribution >= 0.6 is 11.3 Å². The second-order valence-corrected chi connectivity index (χ2v) is 4.43. The third kappa shape index (κ3) is 3.17. The normalized spacial score (nSPS) is 11.9. The van der Waals surface area contributed by atoms with Crippen LogP contribution in [0.25, 0.3) is 0 Å². The number of nitrogens with zero attached hydrogens (tertiary/aromatic N) is 1. The van der Waals surface area contributed by atoms with Crippen molar-refractivity contribution in [3.63, 3.8) is 0 Å². The summed E-state index contributed by atoms with van der Waals surface area (Å²) in [5, 5.41) is 6.22. The lowest BCUT2D eigenvalue weighted by Crippen LogP contribution is -2.29. The number of ether oxygens (including phenoxy) is 1. The van der Waals surface area contributed by atoms with E-state index in [0.717, 1.165) is 11.3 Å². The van der Waals surface area contributed by atoms with Crippen LogP contribution in [0.1, 0.15) is 23.8 Å². The van der Waals surface area contributed by atoms with Gasteiger partial charge >= 0.3 is 0 Å². The largest absolute Gasteiger partial charge is 0.372 e. The topological polar surface area (TPSA) is 106 Å². The first kappa shape index (κ1) is 14.4. The van der Waals surface area contributed by atoms with Gasteiger partial charge in [0.05, 0.1) is 0 Å². The lowest BCUT2D eigenvalue weighted by molar-refractivity contribution is -0.125. The predicted octanol–water partition coefficient (Wildman–Crippen LogP) is 0.647. The zero-order valence-electron chi connectivity index (χ0n) is 10.4. The molecule has 1 aromatic heterocycles. The highest BCUT2D eigenvalue weighted by atomic mass is 32.1. The number of amides is 2. The Labute approximate surface area is 109 Å². The molecule has 100 valence electrons. The van der Waals surface area contributed by atoms with E-state index in [-0.39, 0.29) is 11.6 Å². The van der Waals surface area contributed by atoms with E-state index in [0.29, 0.717) is 16.6 Å². The van der Waals surface area contributed by atoms with Crippen molar-refractivity contribution in [1.82, 2.24) is 4.98 Å². The number of primary amides is 1. The van der Waals surface area contributed by atoms with Gasteiger partial charge in [-0.1, -0.05) is 18.3 Å². The molecule has 0 saturated heterocycles. The summed E-state index contributed by atoms with van der Waals surface area (Å²) in [6.07, 6.45) is -0.0304. The third-order valence-corrected chi connectivity index (χ3v) is 3.25. The van der Waals surface area contributed by atoms with Crippen molar-refractivity contribution in [2.75, 3.05) is 24.8 Å². The molecule has 7 nitrogen and oxygen atoms in total. The van der Waals surface area contributed by atoms with E-state index in [9.17, 15) is 9.59 Å². The molecule has 4 N–H and O–H groups in total. The Morgan fingerprint density at radius 1 is 1.56 bits per heavy atom. The van der Waals surface area contributed by atoms with Crippen LogP contribution in [0.15, 0.2) is 0 Å². The van der Waals surface area contributed by atoms with Gasteiger partial charge in [0.25, 0.3) is 11.8 Å². The average molecular weight is 272 g/mol. The summed E-state index contributed by atoms with van der Waals surface area (Å²) in [7, 11) is 3.12. The summed E-state index contributed by atoms with van der Waals surface area (Å²) in [4.78, 5) is 27.0. The van der Waals surface area contributed by atoms with Crippen molar-refractivity contribution in [1.29, 1.82) is 0 Å². The van der Waals surface area contributed by atoms with Gasteiger partial charge in [0.2, 0.25) is 0 Å². The maximum Gasteiger partial charge on any atom is 0.270 e. The standard InChI is InChI=1S/C10H16N4O3S/c1-4-5(17-3)8(16)14-9-6(7(11)15)13-10(12-2)18-9/h5H,4H2,1-3H3,(H2,11,15)(H,12,13)(H,14,16). The highest BCUT2D eigenvalue weighted by Gasteiger charge is 2.21. The van der Waals surface area contributed by atoms with E-state index in [1.807, 2.05) is 6.92 Å². The number of aromatic nitrogens is 1. The number of rotatable bonds is 6. The fourth-order valence-electron chi connectivity index (χ4n) is 1.33. The second-order valence-electron chi connectivity index (χ2n) is 3.43. The Bertz CT molecular complexity index is 442. The highest BCUT2D eigenvalue weighted by Crippen LogP contribution is 2.28. The number of carbonyl (C=O) groups excluding carboxylic acids is 2. The summed E-state index contributed by atoms with van der Waals surface area (Å²) in [6.45, 7) is 1.83. The molecule has 2 amide bonds. The second kappa shape index (κ2) is 6.31. The quantitative estimate of drug-likeness (QED) is 0.705. The van der Waals surface area contributed by atoms with Crippen molar-refractivity contribution in [2.24, 2.45) is 5.73 Å². The Hall–Kier alpha value is -1.67. The van der Waals surface area contributed by atoms with Gasteiger partial charge in [-0.3, -0.25) is 9.59 Å². The number of thiazole rings is 1. The van der Waals surface area contributed by atoms with Crippen LogP contribution in [0.2, 0.25) is 0 Å². The van der Waals surface area contributed by atoms with Crippen molar-refractivity contribution in [3.05, 3.63) is 5.69 Å². The van der Waals surface area contributed by atoms with Gasteiger partial charge in [0.1, 0.15) is 11.1 Å². The first-order valence-corrected chi connectivity index (χ1v) is 6.17. The highest BCUT2D eigenvalue weighted by molar-refractivity contribution is 7.20. The molecular weight excluding hydrogens is 256 g/mol. The average Bonchev–Trinajstić information content (AvgIpc) is 2.74. The molecular formula is C10H16N4O3S. The molecule has 0 aliphatic heterocycles. The van der Waals surface area contributed by atoms with Crippen molar-refractivity contribution < 1.29 is 14.3 Å². The molecule has 0 saturated carbocycles. The van der Waals surface area contributed by atoms with E-state index in [2.05, 4.69) is 15.6 Å². The molecule has 1 unspecified atom stereocenters. The number of carbonyl (C=O) groups is 2. The molecule has 0 aliphatic carbocycles. The zero-order chi connectivity index (χ0) is 13.7. The number of hydrogen-bond acceptors (Lipinski definition) is 6. The van der Waals surface area contributed by atoms with Gasteiger partial charge in [-0.15, -0.1) is 0 Å². The molecule has 1 rings (SSSR count). The van der Waals surface area contributed by atoms with Crippen LogP contribution in [0.4, 0.5) is 10.1 Å². The fraction of sp³-hybridized carbons (Fsp3) is 0.500. The monoisotopic (exact) mass is 272 g/mol. The maximum absolute atomic E-state index is 11.8. The van der Waals surface area contributed by atoms with Gasteiger partial charge in [-0.05, 0) is 6.42 Å². The number of nitrogens with two attached hydrogens (primary N) is 1. The van der Waals surface area contributed by atoms with Crippen LogP contribution in [-0.2, 0) is 9.53 Å². The maximum atomic E-state index is 11.8. The first-order valence-electron chi connectivity index (χ1n) is 5.35. The molecule has 0 aliphatic rings. The number of hydrogen-bond donors (Lipinski definition) is 3.